The number of carbonyl (C=O) groups is 1. The zero-order valence-electron chi connectivity index (χ0n) is 14.3. The van der Waals surface area contributed by atoms with Crippen LogP contribution in [0.25, 0.3) is 21.9 Å². The number of aliphatic carboxylic acids is 1. The van der Waals surface area contributed by atoms with E-state index in [2.05, 4.69) is 4.98 Å². The molecule has 1 aromatic heterocycles. The van der Waals surface area contributed by atoms with E-state index in [-0.39, 0.29) is 6.42 Å². The lowest BCUT2D eigenvalue weighted by Gasteiger charge is -2.20. The van der Waals surface area contributed by atoms with Gasteiger partial charge in [0.15, 0.2) is 11.5 Å². The lowest BCUT2D eigenvalue weighted by atomic mass is 10.1. The third-order valence-electron chi connectivity index (χ3n) is 4.14. The fourth-order valence-electron chi connectivity index (χ4n) is 2.91. The van der Waals surface area contributed by atoms with Crippen molar-refractivity contribution in [1.29, 1.82) is 0 Å². The van der Waals surface area contributed by atoms with Crippen LogP contribution in [-0.2, 0) is 4.79 Å². The molecule has 0 fully saturated rings. The molecular weight excluding hydrogens is 386 g/mol. The van der Waals surface area contributed by atoms with Gasteiger partial charge in [0, 0.05) is 6.42 Å². The van der Waals surface area contributed by atoms with E-state index in [4.69, 9.17) is 26.2 Å². The molecule has 1 aliphatic rings. The Morgan fingerprint density at radius 3 is 2.85 bits per heavy atom. The van der Waals surface area contributed by atoms with E-state index in [1.807, 2.05) is 36.4 Å². The van der Waals surface area contributed by atoms with Crippen LogP contribution in [-0.4, -0.2) is 29.3 Å². The van der Waals surface area contributed by atoms with Gasteiger partial charge in [-0.25, -0.2) is 4.98 Å². The summed E-state index contributed by atoms with van der Waals surface area (Å²) in [5.74, 6) is 0.302. The molecule has 2 heterocycles. The Hall–Kier alpha value is -2.57. The molecule has 2 aromatic carbocycles. The molecule has 0 spiro atoms. The van der Waals surface area contributed by atoms with E-state index in [0.29, 0.717) is 36.2 Å². The largest absolute Gasteiger partial charge is 0.486 e. The van der Waals surface area contributed by atoms with Crippen LogP contribution >= 0.6 is 22.9 Å². The van der Waals surface area contributed by atoms with Crippen molar-refractivity contribution in [3.63, 3.8) is 0 Å². The van der Waals surface area contributed by atoms with Gasteiger partial charge in [-0.15, -0.1) is 11.3 Å². The summed E-state index contributed by atoms with van der Waals surface area (Å²) in [5.41, 5.74) is 2.58. The highest BCUT2D eigenvalue weighted by Crippen LogP contribution is 2.40. The maximum atomic E-state index is 11.1. The van der Waals surface area contributed by atoms with Gasteiger partial charge in [0.25, 0.3) is 0 Å². The number of nitrogens with zero attached hydrogens (tertiary/aromatic N) is 1. The first kappa shape index (κ1) is 17.8. The third-order valence-corrected chi connectivity index (χ3v) is 5.53. The number of carboxylic acid groups (broad SMARTS) is 1. The van der Waals surface area contributed by atoms with Gasteiger partial charge in [0.05, 0.1) is 15.2 Å². The highest BCUT2D eigenvalue weighted by molar-refractivity contribution is 7.19. The summed E-state index contributed by atoms with van der Waals surface area (Å²) in [6, 6.07) is 11.5. The van der Waals surface area contributed by atoms with Crippen LogP contribution in [0.4, 0.5) is 0 Å². The third kappa shape index (κ3) is 3.91. The van der Waals surface area contributed by atoms with Crippen molar-refractivity contribution in [3.8, 4) is 11.5 Å². The van der Waals surface area contributed by atoms with Gasteiger partial charge in [-0.3, -0.25) is 4.79 Å². The number of carboxylic acids is 1. The maximum Gasteiger partial charge on any atom is 0.303 e. The van der Waals surface area contributed by atoms with Crippen molar-refractivity contribution in [2.75, 3.05) is 13.2 Å². The molecule has 0 atom stereocenters. The van der Waals surface area contributed by atoms with Crippen molar-refractivity contribution in [2.24, 2.45) is 0 Å². The molecule has 0 saturated heterocycles. The van der Waals surface area contributed by atoms with Crippen LogP contribution in [0.15, 0.2) is 36.4 Å². The van der Waals surface area contributed by atoms with Crippen LogP contribution in [0, 0.1) is 0 Å². The minimum atomic E-state index is -0.845. The predicted octanol–water partition coefficient (Wildman–Crippen LogP) is 5.13. The number of benzene rings is 2. The van der Waals surface area contributed by atoms with Gasteiger partial charge < -0.3 is 14.6 Å². The van der Waals surface area contributed by atoms with Gasteiger partial charge in [-0.2, -0.15) is 0 Å². The van der Waals surface area contributed by atoms with Crippen molar-refractivity contribution >= 4 is 50.8 Å². The molecule has 5 nitrogen and oxygen atoms in total. The predicted molar refractivity (Wildman–Crippen MR) is 107 cm³/mol. The molecule has 4 rings (SSSR count). The number of para-hydroxylation sites is 1. The van der Waals surface area contributed by atoms with Crippen LogP contribution < -0.4 is 9.47 Å². The molecule has 3 aromatic rings. The van der Waals surface area contributed by atoms with E-state index in [1.165, 1.54) is 0 Å². The Balaban J connectivity index is 1.76. The van der Waals surface area contributed by atoms with Crippen molar-refractivity contribution < 1.29 is 19.4 Å². The standard InChI is InChI=1S/C20H16ClNO4S/c21-14-10-12(11-16-19(14)26-8-7-25-16)9-13(5-6-18(23)24)20-22-15-3-1-2-4-17(15)27-20/h1-4,9-11H,5-8H2,(H,23,24)/b13-9+. The number of thiazole rings is 1. The SMILES string of the molecule is O=C(O)CC/C(=C\c1cc(Cl)c2c(c1)OCCO2)c1nc2ccccc2s1. The highest BCUT2D eigenvalue weighted by Gasteiger charge is 2.17. The van der Waals surface area contributed by atoms with Crippen LogP contribution in [0.2, 0.25) is 5.02 Å². The summed E-state index contributed by atoms with van der Waals surface area (Å²) in [5, 5.41) is 10.4. The molecule has 0 amide bonds. The molecule has 27 heavy (non-hydrogen) atoms. The number of hydrogen-bond donors (Lipinski definition) is 1. The molecular formula is C20H16ClNO4S. The zero-order chi connectivity index (χ0) is 18.8. The molecule has 1 aliphatic heterocycles. The number of ether oxygens (including phenoxy) is 2. The zero-order valence-corrected chi connectivity index (χ0v) is 15.8. The first-order valence-electron chi connectivity index (χ1n) is 8.47. The normalized spacial score (nSPS) is 13.7. The minimum Gasteiger partial charge on any atom is -0.486 e. The number of fused-ring (bicyclic) bond motifs is 2. The highest BCUT2D eigenvalue weighted by atomic mass is 35.5. The Bertz CT molecular complexity index is 1010. The van der Waals surface area contributed by atoms with E-state index in [1.54, 1.807) is 17.4 Å². The second-order valence-corrected chi connectivity index (χ2v) is 7.51. The summed E-state index contributed by atoms with van der Waals surface area (Å²) in [4.78, 5) is 15.8. The van der Waals surface area contributed by atoms with Crippen molar-refractivity contribution in [3.05, 3.63) is 52.0 Å². The topological polar surface area (TPSA) is 68.7 Å². The summed E-state index contributed by atoms with van der Waals surface area (Å²) < 4.78 is 12.2. The molecule has 7 heteroatoms. The van der Waals surface area contributed by atoms with Crippen molar-refractivity contribution in [2.45, 2.75) is 12.8 Å². The first-order valence-corrected chi connectivity index (χ1v) is 9.67. The van der Waals surface area contributed by atoms with Gasteiger partial charge in [-0.05, 0) is 47.9 Å². The number of hydrogen-bond acceptors (Lipinski definition) is 5. The summed E-state index contributed by atoms with van der Waals surface area (Å²) in [6.45, 7) is 0.942. The Kier molecular flexibility index (Phi) is 5.01. The molecule has 0 bridgehead atoms. The molecule has 0 aliphatic carbocycles. The van der Waals surface area contributed by atoms with Crippen LogP contribution in [0.3, 0.4) is 0 Å². The number of rotatable bonds is 5. The smallest absolute Gasteiger partial charge is 0.303 e. The monoisotopic (exact) mass is 401 g/mol. The number of allylic oxidation sites excluding steroid dienone is 1. The van der Waals surface area contributed by atoms with Gasteiger partial charge in [0.1, 0.15) is 18.2 Å². The first-order chi connectivity index (χ1) is 13.1. The lowest BCUT2D eigenvalue weighted by molar-refractivity contribution is -0.136. The molecule has 0 saturated carbocycles. The van der Waals surface area contributed by atoms with Crippen molar-refractivity contribution in [1.82, 2.24) is 4.98 Å². The van der Waals surface area contributed by atoms with Gasteiger partial charge >= 0.3 is 5.97 Å². The summed E-state index contributed by atoms with van der Waals surface area (Å²) in [6.07, 6.45) is 2.33. The second kappa shape index (κ2) is 7.58. The fraction of sp³-hybridized carbons (Fsp3) is 0.200. The van der Waals surface area contributed by atoms with Crippen LogP contribution in [0.5, 0.6) is 11.5 Å². The van der Waals surface area contributed by atoms with E-state index >= 15 is 0 Å². The molecule has 138 valence electrons. The Morgan fingerprint density at radius 1 is 1.22 bits per heavy atom. The Labute approximate surface area is 164 Å². The number of halogens is 1. The quantitative estimate of drug-likeness (QED) is 0.642. The van der Waals surface area contributed by atoms with E-state index in [9.17, 15) is 4.79 Å². The maximum absolute atomic E-state index is 11.1. The average Bonchev–Trinajstić information content (AvgIpc) is 3.09. The fourth-order valence-corrected chi connectivity index (χ4v) is 4.19. The van der Waals surface area contributed by atoms with Gasteiger partial charge in [-0.1, -0.05) is 23.7 Å². The Morgan fingerprint density at radius 2 is 2.04 bits per heavy atom. The summed E-state index contributed by atoms with van der Waals surface area (Å²) in [7, 11) is 0. The molecule has 0 radical (unpaired) electrons. The molecule has 0 unspecified atom stereocenters. The summed E-state index contributed by atoms with van der Waals surface area (Å²) >= 11 is 7.88. The minimum absolute atomic E-state index is 0.0278. The average molecular weight is 402 g/mol. The van der Waals surface area contributed by atoms with Crippen LogP contribution in [0.1, 0.15) is 23.4 Å². The second-order valence-electron chi connectivity index (χ2n) is 6.08. The number of aromatic nitrogens is 1. The van der Waals surface area contributed by atoms with E-state index in [0.717, 1.165) is 26.4 Å². The van der Waals surface area contributed by atoms with Gasteiger partial charge in [0.2, 0.25) is 0 Å². The lowest BCUT2D eigenvalue weighted by Crippen LogP contribution is -2.15. The molecule has 1 N–H and O–H groups in total. The van der Waals surface area contributed by atoms with E-state index < -0.39 is 5.97 Å².